The van der Waals surface area contributed by atoms with Crippen molar-refractivity contribution in [2.24, 2.45) is 5.41 Å². The van der Waals surface area contributed by atoms with Crippen LogP contribution in [0, 0.1) is 5.41 Å². The fourth-order valence-corrected chi connectivity index (χ4v) is 5.63. The van der Waals surface area contributed by atoms with E-state index >= 15 is 0 Å². The van der Waals surface area contributed by atoms with Gasteiger partial charge in [0.1, 0.15) is 11.3 Å². The topological polar surface area (TPSA) is 37.4 Å². The lowest BCUT2D eigenvalue weighted by atomic mass is 9.86. The van der Waals surface area contributed by atoms with Crippen LogP contribution < -0.4 is 0 Å². The highest BCUT2D eigenvalue weighted by molar-refractivity contribution is 5.82. The molecular weight excluding hydrogens is 396 g/mol. The Bertz CT molecular complexity index is 1190. The molecule has 2 fully saturated rings. The molecule has 0 bridgehead atoms. The predicted octanol–water partition coefficient (Wildman–Crippen LogP) is 4.87. The van der Waals surface area contributed by atoms with Crippen LogP contribution in [-0.2, 0) is 13.1 Å². The summed E-state index contributed by atoms with van der Waals surface area (Å²) in [6, 6.07) is 20.9. The lowest BCUT2D eigenvalue weighted by Gasteiger charge is -2.23. The van der Waals surface area contributed by atoms with Crippen molar-refractivity contribution >= 4 is 11.0 Å². The Hall–Kier alpha value is -2.89. The summed E-state index contributed by atoms with van der Waals surface area (Å²) in [5, 5.41) is 6.13. The molecular formula is C27H30N4O. The third kappa shape index (κ3) is 3.76. The first-order valence-corrected chi connectivity index (χ1v) is 11.7. The fourth-order valence-electron chi connectivity index (χ4n) is 5.63. The van der Waals surface area contributed by atoms with Crippen LogP contribution >= 0.6 is 0 Å². The minimum Gasteiger partial charge on any atom is -0.454 e. The van der Waals surface area contributed by atoms with E-state index in [4.69, 9.17) is 9.52 Å². The average Bonchev–Trinajstić information content (AvgIpc) is 3.56. The number of nitrogens with zero attached hydrogens (tertiary/aromatic N) is 4. The van der Waals surface area contributed by atoms with Gasteiger partial charge in [-0.2, -0.15) is 5.10 Å². The Morgan fingerprint density at radius 1 is 0.938 bits per heavy atom. The number of hydrogen-bond acceptors (Lipinski definition) is 4. The Morgan fingerprint density at radius 2 is 1.75 bits per heavy atom. The quantitative estimate of drug-likeness (QED) is 0.456. The summed E-state index contributed by atoms with van der Waals surface area (Å²) in [6.07, 6.45) is 4.85. The van der Waals surface area contributed by atoms with Crippen molar-refractivity contribution in [1.29, 1.82) is 0 Å². The van der Waals surface area contributed by atoms with E-state index in [1.807, 2.05) is 12.1 Å². The summed E-state index contributed by atoms with van der Waals surface area (Å²) in [7, 11) is 2.25. The van der Waals surface area contributed by atoms with Gasteiger partial charge < -0.3 is 9.32 Å². The summed E-state index contributed by atoms with van der Waals surface area (Å²) >= 11 is 0. The minimum atomic E-state index is 0.480. The minimum absolute atomic E-state index is 0.480. The Labute approximate surface area is 189 Å². The van der Waals surface area contributed by atoms with Crippen LogP contribution in [0.2, 0.25) is 0 Å². The van der Waals surface area contributed by atoms with Gasteiger partial charge >= 0.3 is 0 Å². The van der Waals surface area contributed by atoms with Crippen LogP contribution in [0.25, 0.3) is 22.4 Å². The monoisotopic (exact) mass is 426 g/mol. The molecule has 0 amide bonds. The van der Waals surface area contributed by atoms with Crippen molar-refractivity contribution in [3.05, 3.63) is 78.0 Å². The summed E-state index contributed by atoms with van der Waals surface area (Å²) in [6.45, 7) is 6.49. The fraction of sp³-hybridized carbons (Fsp3) is 0.370. The summed E-state index contributed by atoms with van der Waals surface area (Å²) < 4.78 is 8.30. The molecule has 1 unspecified atom stereocenters. The summed E-state index contributed by atoms with van der Waals surface area (Å²) in [5.41, 5.74) is 4.88. The lowest BCUT2D eigenvalue weighted by molar-refractivity contribution is 0.250. The van der Waals surface area contributed by atoms with Crippen LogP contribution in [0.5, 0.6) is 0 Å². The van der Waals surface area contributed by atoms with Crippen molar-refractivity contribution in [1.82, 2.24) is 19.6 Å². The van der Waals surface area contributed by atoms with Crippen molar-refractivity contribution in [3.8, 4) is 11.5 Å². The molecule has 2 aliphatic rings. The van der Waals surface area contributed by atoms with Crippen molar-refractivity contribution in [3.63, 3.8) is 0 Å². The van der Waals surface area contributed by atoms with Gasteiger partial charge in [0.15, 0.2) is 5.76 Å². The second-order valence-electron chi connectivity index (χ2n) is 9.78. The number of benzene rings is 2. The van der Waals surface area contributed by atoms with E-state index in [1.54, 1.807) is 0 Å². The molecule has 2 aromatic heterocycles. The number of likely N-dealkylation sites (tertiary alicyclic amines) is 2. The van der Waals surface area contributed by atoms with E-state index in [9.17, 15) is 0 Å². The average molecular weight is 427 g/mol. The van der Waals surface area contributed by atoms with E-state index in [0.29, 0.717) is 5.41 Å². The molecule has 0 radical (unpaired) electrons. The highest BCUT2D eigenvalue weighted by Crippen LogP contribution is 2.40. The lowest BCUT2D eigenvalue weighted by Crippen LogP contribution is -2.29. The molecule has 164 valence electrons. The van der Waals surface area contributed by atoms with Crippen molar-refractivity contribution in [2.45, 2.75) is 25.9 Å². The molecule has 4 aromatic rings. The molecule has 2 saturated heterocycles. The van der Waals surface area contributed by atoms with Crippen LogP contribution in [0.3, 0.4) is 0 Å². The standard InChI is InChI=1S/C27H30N4O/c1-29-13-11-27(19-29)12-14-30(20-27)17-23-18-31(16-21-7-3-2-4-8-21)28-26(23)25-15-22-9-5-6-10-24(22)32-25/h2-10,15,18H,11-14,16-17,19-20H2,1H3. The largest absolute Gasteiger partial charge is 0.454 e. The van der Waals surface area contributed by atoms with E-state index in [0.717, 1.165) is 42.1 Å². The molecule has 0 saturated carbocycles. The number of para-hydroxylation sites is 1. The second kappa shape index (κ2) is 7.91. The third-order valence-corrected chi connectivity index (χ3v) is 7.22. The van der Waals surface area contributed by atoms with Gasteiger partial charge in [-0.1, -0.05) is 48.5 Å². The molecule has 0 N–H and O–H groups in total. The number of hydrogen-bond donors (Lipinski definition) is 0. The first-order valence-electron chi connectivity index (χ1n) is 11.7. The second-order valence-corrected chi connectivity index (χ2v) is 9.78. The molecule has 2 aliphatic heterocycles. The zero-order valence-electron chi connectivity index (χ0n) is 18.7. The zero-order valence-corrected chi connectivity index (χ0v) is 18.7. The molecule has 1 spiro atoms. The molecule has 6 rings (SSSR count). The smallest absolute Gasteiger partial charge is 0.156 e. The predicted molar refractivity (Wildman–Crippen MR) is 127 cm³/mol. The van der Waals surface area contributed by atoms with Crippen LogP contribution in [0.4, 0.5) is 0 Å². The van der Waals surface area contributed by atoms with Gasteiger partial charge in [0.05, 0.1) is 6.54 Å². The Kier molecular flexibility index (Phi) is 4.89. The van der Waals surface area contributed by atoms with Gasteiger partial charge in [-0.05, 0) is 56.1 Å². The molecule has 5 nitrogen and oxygen atoms in total. The first kappa shape index (κ1) is 19.8. The van der Waals surface area contributed by atoms with Gasteiger partial charge in [-0.25, -0.2) is 0 Å². The number of furan rings is 1. The van der Waals surface area contributed by atoms with Gasteiger partial charge in [0, 0.05) is 36.8 Å². The highest BCUT2D eigenvalue weighted by Gasteiger charge is 2.42. The molecule has 2 aromatic carbocycles. The highest BCUT2D eigenvalue weighted by atomic mass is 16.3. The zero-order chi connectivity index (χ0) is 21.5. The number of aromatic nitrogens is 2. The maximum absolute atomic E-state index is 6.23. The van der Waals surface area contributed by atoms with Crippen LogP contribution in [0.15, 0.2) is 71.3 Å². The maximum Gasteiger partial charge on any atom is 0.156 e. The summed E-state index contributed by atoms with van der Waals surface area (Å²) in [5.74, 6) is 0.863. The van der Waals surface area contributed by atoms with E-state index in [1.165, 1.54) is 43.6 Å². The van der Waals surface area contributed by atoms with E-state index in [-0.39, 0.29) is 0 Å². The van der Waals surface area contributed by atoms with Crippen molar-refractivity contribution < 1.29 is 4.42 Å². The number of rotatable bonds is 5. The molecule has 4 heterocycles. The normalized spacial score (nSPS) is 21.9. The van der Waals surface area contributed by atoms with Gasteiger partial charge in [-0.3, -0.25) is 9.58 Å². The first-order chi connectivity index (χ1) is 15.7. The Balaban J connectivity index is 1.31. The Morgan fingerprint density at radius 3 is 2.56 bits per heavy atom. The molecule has 32 heavy (non-hydrogen) atoms. The van der Waals surface area contributed by atoms with E-state index in [2.05, 4.69) is 76.3 Å². The van der Waals surface area contributed by atoms with Gasteiger partial charge in [0.2, 0.25) is 0 Å². The molecule has 1 atom stereocenters. The van der Waals surface area contributed by atoms with Crippen molar-refractivity contribution in [2.75, 3.05) is 33.2 Å². The van der Waals surface area contributed by atoms with E-state index < -0.39 is 0 Å². The third-order valence-electron chi connectivity index (χ3n) is 7.22. The van der Waals surface area contributed by atoms with Crippen LogP contribution in [0.1, 0.15) is 24.0 Å². The SMILES string of the molecule is CN1CCC2(CCN(Cc3cn(Cc4ccccc4)nc3-c3cc4ccccc4o3)C2)C1. The van der Waals surface area contributed by atoms with Gasteiger partial charge in [0.25, 0.3) is 0 Å². The van der Waals surface area contributed by atoms with Gasteiger partial charge in [-0.15, -0.1) is 0 Å². The molecule has 5 heteroatoms. The summed E-state index contributed by atoms with van der Waals surface area (Å²) in [4.78, 5) is 5.11. The molecule has 0 aliphatic carbocycles. The number of fused-ring (bicyclic) bond motifs is 1. The maximum atomic E-state index is 6.23. The van der Waals surface area contributed by atoms with Crippen LogP contribution in [-0.4, -0.2) is 52.8 Å².